The number of hydrogen-bond donors (Lipinski definition) is 2. The SMILES string of the molecule is CC(NC(=O)c1ccc(O)c([N+](=O)[O-])c1)c1ccc(C#N)cc1. The Morgan fingerprint density at radius 2 is 1.96 bits per heavy atom. The molecule has 0 heterocycles. The smallest absolute Gasteiger partial charge is 0.311 e. The Kier molecular flexibility index (Phi) is 4.57. The molecule has 2 aromatic rings. The Balaban J connectivity index is 2.16. The molecule has 2 aromatic carbocycles. The molecule has 7 nitrogen and oxygen atoms in total. The minimum Gasteiger partial charge on any atom is -0.502 e. The van der Waals surface area contributed by atoms with Crippen LogP contribution < -0.4 is 5.32 Å². The van der Waals surface area contributed by atoms with E-state index in [-0.39, 0.29) is 11.6 Å². The van der Waals surface area contributed by atoms with Gasteiger partial charge < -0.3 is 10.4 Å². The van der Waals surface area contributed by atoms with Crippen LogP contribution in [0.1, 0.15) is 34.5 Å². The Hall–Kier alpha value is -3.40. The number of carbonyl (C=O) groups is 1. The van der Waals surface area contributed by atoms with Crippen LogP contribution >= 0.6 is 0 Å². The van der Waals surface area contributed by atoms with E-state index in [1.54, 1.807) is 31.2 Å². The maximum Gasteiger partial charge on any atom is 0.311 e. The van der Waals surface area contributed by atoms with E-state index in [0.717, 1.165) is 17.7 Å². The number of rotatable bonds is 4. The molecule has 0 aromatic heterocycles. The number of benzene rings is 2. The third-order valence-electron chi connectivity index (χ3n) is 3.32. The Labute approximate surface area is 131 Å². The van der Waals surface area contributed by atoms with E-state index in [2.05, 4.69) is 5.32 Å². The maximum absolute atomic E-state index is 12.2. The van der Waals surface area contributed by atoms with Gasteiger partial charge >= 0.3 is 5.69 Å². The predicted octanol–water partition coefficient (Wildman–Crippen LogP) is 2.66. The molecule has 0 fully saturated rings. The van der Waals surface area contributed by atoms with Gasteiger partial charge in [0.25, 0.3) is 5.91 Å². The van der Waals surface area contributed by atoms with Crippen molar-refractivity contribution in [2.24, 2.45) is 0 Å². The van der Waals surface area contributed by atoms with E-state index in [1.807, 2.05) is 6.07 Å². The van der Waals surface area contributed by atoms with E-state index in [1.165, 1.54) is 6.07 Å². The van der Waals surface area contributed by atoms with Crippen LogP contribution in [-0.4, -0.2) is 15.9 Å². The molecule has 0 saturated heterocycles. The fourth-order valence-electron chi connectivity index (χ4n) is 2.02. The zero-order valence-corrected chi connectivity index (χ0v) is 12.2. The lowest BCUT2D eigenvalue weighted by molar-refractivity contribution is -0.385. The van der Waals surface area contributed by atoms with Crippen molar-refractivity contribution in [1.82, 2.24) is 5.32 Å². The summed E-state index contributed by atoms with van der Waals surface area (Å²) in [7, 11) is 0. The summed E-state index contributed by atoms with van der Waals surface area (Å²) >= 11 is 0. The van der Waals surface area contributed by atoms with Gasteiger partial charge in [0.2, 0.25) is 0 Å². The molecule has 0 radical (unpaired) electrons. The molecule has 1 unspecified atom stereocenters. The lowest BCUT2D eigenvalue weighted by Gasteiger charge is -2.14. The highest BCUT2D eigenvalue weighted by Gasteiger charge is 2.18. The number of aromatic hydroxyl groups is 1. The molecule has 2 rings (SSSR count). The summed E-state index contributed by atoms with van der Waals surface area (Å²) in [6.07, 6.45) is 0. The van der Waals surface area contributed by atoms with Gasteiger partial charge in [-0.3, -0.25) is 14.9 Å². The molecule has 23 heavy (non-hydrogen) atoms. The molecule has 1 atom stereocenters. The van der Waals surface area contributed by atoms with Crippen molar-refractivity contribution in [3.8, 4) is 11.8 Å². The standard InChI is InChI=1S/C16H13N3O4/c1-10(12-4-2-11(9-17)3-5-12)18-16(21)13-6-7-15(20)14(8-13)19(22)23/h2-8,10,20H,1H3,(H,18,21). The van der Waals surface area contributed by atoms with Crippen molar-refractivity contribution < 1.29 is 14.8 Å². The number of hydrogen-bond acceptors (Lipinski definition) is 5. The van der Waals surface area contributed by atoms with Gasteiger partial charge in [-0.15, -0.1) is 0 Å². The summed E-state index contributed by atoms with van der Waals surface area (Å²) in [5.74, 6) is -0.989. The van der Waals surface area contributed by atoms with E-state index in [9.17, 15) is 20.0 Å². The van der Waals surface area contributed by atoms with E-state index < -0.39 is 22.3 Å². The number of nitrogens with zero attached hydrogens (tertiary/aromatic N) is 2. The van der Waals surface area contributed by atoms with Gasteiger partial charge in [-0.25, -0.2) is 0 Å². The molecule has 0 aliphatic heterocycles. The van der Waals surface area contributed by atoms with E-state index in [0.29, 0.717) is 5.56 Å². The van der Waals surface area contributed by atoms with Gasteiger partial charge in [0.1, 0.15) is 0 Å². The number of phenols is 1. The zero-order chi connectivity index (χ0) is 17.0. The van der Waals surface area contributed by atoms with Gasteiger partial charge in [-0.05, 0) is 36.8 Å². The minimum atomic E-state index is -0.754. The number of carbonyl (C=O) groups excluding carboxylic acids is 1. The minimum absolute atomic E-state index is 0.0787. The molecule has 7 heteroatoms. The van der Waals surface area contributed by atoms with Crippen LogP contribution in [0.4, 0.5) is 5.69 Å². The zero-order valence-electron chi connectivity index (χ0n) is 12.2. The molecular formula is C16H13N3O4. The van der Waals surface area contributed by atoms with Crippen molar-refractivity contribution in [3.05, 3.63) is 69.3 Å². The second kappa shape index (κ2) is 6.58. The fourth-order valence-corrected chi connectivity index (χ4v) is 2.02. The van der Waals surface area contributed by atoms with Crippen LogP contribution in [0.25, 0.3) is 0 Å². The molecule has 0 aliphatic carbocycles. The van der Waals surface area contributed by atoms with Crippen molar-refractivity contribution >= 4 is 11.6 Å². The summed E-state index contributed by atoms with van der Waals surface area (Å²) < 4.78 is 0. The van der Waals surface area contributed by atoms with Crippen LogP contribution in [0.3, 0.4) is 0 Å². The van der Waals surface area contributed by atoms with Crippen molar-refractivity contribution in [2.45, 2.75) is 13.0 Å². The molecule has 2 N–H and O–H groups in total. The monoisotopic (exact) mass is 311 g/mol. The summed E-state index contributed by atoms with van der Waals surface area (Å²) in [4.78, 5) is 22.2. The third kappa shape index (κ3) is 3.63. The van der Waals surface area contributed by atoms with Crippen molar-refractivity contribution in [2.75, 3.05) is 0 Å². The quantitative estimate of drug-likeness (QED) is 0.665. The highest BCUT2D eigenvalue weighted by molar-refractivity contribution is 5.95. The number of nitro benzene ring substituents is 1. The van der Waals surface area contributed by atoms with E-state index in [4.69, 9.17) is 5.26 Å². The van der Waals surface area contributed by atoms with Gasteiger partial charge in [-0.2, -0.15) is 5.26 Å². The highest BCUT2D eigenvalue weighted by Crippen LogP contribution is 2.26. The Bertz CT molecular complexity index is 794. The first-order valence-electron chi connectivity index (χ1n) is 6.70. The second-order valence-corrected chi connectivity index (χ2v) is 4.89. The third-order valence-corrected chi connectivity index (χ3v) is 3.32. The number of nitrogens with one attached hydrogen (secondary N) is 1. The Morgan fingerprint density at radius 3 is 2.52 bits per heavy atom. The van der Waals surface area contributed by atoms with Crippen LogP contribution in [0, 0.1) is 21.4 Å². The predicted molar refractivity (Wildman–Crippen MR) is 81.8 cm³/mol. The van der Waals surface area contributed by atoms with Crippen LogP contribution in [0.5, 0.6) is 5.75 Å². The van der Waals surface area contributed by atoms with Crippen LogP contribution in [0.2, 0.25) is 0 Å². The summed E-state index contributed by atoms with van der Waals surface area (Å²) in [5.41, 5.74) is 0.866. The summed E-state index contributed by atoms with van der Waals surface area (Å²) in [6, 6.07) is 11.8. The largest absolute Gasteiger partial charge is 0.502 e. The highest BCUT2D eigenvalue weighted by atomic mass is 16.6. The van der Waals surface area contributed by atoms with Gasteiger partial charge in [0, 0.05) is 11.6 Å². The average Bonchev–Trinajstić information content (AvgIpc) is 2.54. The van der Waals surface area contributed by atoms with Crippen LogP contribution in [-0.2, 0) is 0 Å². The lowest BCUT2D eigenvalue weighted by Crippen LogP contribution is -2.26. The number of nitriles is 1. The normalized spacial score (nSPS) is 11.3. The lowest BCUT2D eigenvalue weighted by atomic mass is 10.1. The maximum atomic E-state index is 12.2. The first-order valence-corrected chi connectivity index (χ1v) is 6.70. The first kappa shape index (κ1) is 16.0. The number of nitro groups is 1. The molecule has 0 saturated carbocycles. The second-order valence-electron chi connectivity index (χ2n) is 4.89. The first-order chi connectivity index (χ1) is 10.9. The van der Waals surface area contributed by atoms with Crippen molar-refractivity contribution in [3.63, 3.8) is 0 Å². The van der Waals surface area contributed by atoms with Gasteiger partial charge in [0.15, 0.2) is 5.75 Å². The van der Waals surface area contributed by atoms with Crippen molar-refractivity contribution in [1.29, 1.82) is 5.26 Å². The van der Waals surface area contributed by atoms with Crippen LogP contribution in [0.15, 0.2) is 42.5 Å². The topological polar surface area (TPSA) is 116 Å². The molecular weight excluding hydrogens is 298 g/mol. The fraction of sp³-hybridized carbons (Fsp3) is 0.125. The molecule has 0 aliphatic rings. The molecule has 116 valence electrons. The number of amides is 1. The number of phenolic OH excluding ortho intramolecular Hbond substituents is 1. The average molecular weight is 311 g/mol. The summed E-state index contributed by atoms with van der Waals surface area (Å²) in [6.45, 7) is 1.76. The molecule has 0 bridgehead atoms. The molecule has 1 amide bonds. The molecule has 0 spiro atoms. The van der Waals surface area contributed by atoms with E-state index >= 15 is 0 Å². The summed E-state index contributed by atoms with van der Waals surface area (Å²) in [5, 5.41) is 31.7. The van der Waals surface area contributed by atoms with Gasteiger partial charge in [-0.1, -0.05) is 12.1 Å². The Morgan fingerprint density at radius 1 is 1.30 bits per heavy atom. The van der Waals surface area contributed by atoms with Gasteiger partial charge in [0.05, 0.1) is 22.6 Å².